The molecule has 0 bridgehead atoms. The van der Waals surface area contributed by atoms with E-state index in [1.807, 2.05) is 22.8 Å². The van der Waals surface area contributed by atoms with Crippen molar-refractivity contribution < 1.29 is 9.90 Å². The summed E-state index contributed by atoms with van der Waals surface area (Å²) in [6, 6.07) is 6.97. The molecule has 2 aliphatic rings. The van der Waals surface area contributed by atoms with Gasteiger partial charge in [-0.2, -0.15) is 5.10 Å². The van der Waals surface area contributed by atoms with E-state index in [4.69, 9.17) is 0 Å². The lowest BCUT2D eigenvalue weighted by molar-refractivity contribution is 0.0605. The van der Waals surface area contributed by atoms with Gasteiger partial charge in [0.25, 0.3) is 5.91 Å². The van der Waals surface area contributed by atoms with E-state index in [1.165, 1.54) is 6.42 Å². The molecule has 1 aliphatic carbocycles. The van der Waals surface area contributed by atoms with Crippen molar-refractivity contribution in [2.24, 2.45) is 7.05 Å². The van der Waals surface area contributed by atoms with Gasteiger partial charge in [0.2, 0.25) is 0 Å². The first-order chi connectivity index (χ1) is 11.6. The average Bonchev–Trinajstić information content (AvgIpc) is 2.85. The lowest BCUT2D eigenvalue weighted by Gasteiger charge is -2.38. The summed E-state index contributed by atoms with van der Waals surface area (Å²) in [5, 5.41) is 17.4. The molecule has 1 aromatic heterocycles. The summed E-state index contributed by atoms with van der Waals surface area (Å²) in [6.45, 7) is 0.567. The number of carbonyl (C=O) groups excluding carboxylic acids is 1. The Labute approximate surface area is 141 Å². The number of phenolic OH excluding ortho intramolecular Hbond substituents is 1. The zero-order valence-corrected chi connectivity index (χ0v) is 13.8. The third kappa shape index (κ3) is 2.52. The van der Waals surface area contributed by atoms with Crippen molar-refractivity contribution in [2.45, 2.75) is 44.3 Å². The van der Waals surface area contributed by atoms with E-state index in [0.717, 1.165) is 30.6 Å². The van der Waals surface area contributed by atoms with E-state index in [2.05, 4.69) is 10.4 Å². The maximum atomic E-state index is 13.1. The highest BCUT2D eigenvalue weighted by Crippen LogP contribution is 2.33. The fraction of sp³-hybridized carbons (Fsp3) is 0.444. The number of phenols is 1. The van der Waals surface area contributed by atoms with Crippen molar-refractivity contribution >= 4 is 11.7 Å². The number of anilines is 1. The fourth-order valence-electron chi connectivity index (χ4n) is 3.91. The molecular weight excluding hydrogens is 304 g/mol. The number of nitrogens with zero attached hydrogens (tertiary/aromatic N) is 3. The minimum Gasteiger partial charge on any atom is -0.508 e. The van der Waals surface area contributed by atoms with Gasteiger partial charge in [-0.15, -0.1) is 0 Å². The molecule has 2 atom stereocenters. The SMILES string of the molecule is Cn1ncc2c1NC1CCCCC1N(C(=O)c1ccc(O)cc1)C2. The van der Waals surface area contributed by atoms with E-state index < -0.39 is 0 Å². The second kappa shape index (κ2) is 5.85. The third-order valence-electron chi connectivity index (χ3n) is 5.18. The van der Waals surface area contributed by atoms with Gasteiger partial charge in [0.15, 0.2) is 0 Å². The van der Waals surface area contributed by atoms with Crippen LogP contribution >= 0.6 is 0 Å². The first-order valence-corrected chi connectivity index (χ1v) is 8.51. The molecule has 2 unspecified atom stereocenters. The Kier molecular flexibility index (Phi) is 3.67. The van der Waals surface area contributed by atoms with E-state index in [9.17, 15) is 9.90 Å². The van der Waals surface area contributed by atoms with Gasteiger partial charge in [-0.25, -0.2) is 0 Å². The second-order valence-corrected chi connectivity index (χ2v) is 6.72. The van der Waals surface area contributed by atoms with E-state index in [1.54, 1.807) is 24.3 Å². The number of benzene rings is 1. The van der Waals surface area contributed by atoms with E-state index in [0.29, 0.717) is 12.1 Å². The van der Waals surface area contributed by atoms with Crippen molar-refractivity contribution in [3.8, 4) is 5.75 Å². The van der Waals surface area contributed by atoms with Gasteiger partial charge < -0.3 is 15.3 Å². The Morgan fingerprint density at radius 1 is 1.25 bits per heavy atom. The molecule has 4 rings (SSSR count). The molecule has 1 aliphatic heterocycles. The molecular formula is C18H22N4O2. The highest BCUT2D eigenvalue weighted by molar-refractivity contribution is 5.94. The highest BCUT2D eigenvalue weighted by Gasteiger charge is 2.37. The maximum absolute atomic E-state index is 13.1. The summed E-state index contributed by atoms with van der Waals surface area (Å²) in [7, 11) is 1.93. The Balaban J connectivity index is 1.71. The summed E-state index contributed by atoms with van der Waals surface area (Å²) in [4.78, 5) is 15.1. The van der Waals surface area contributed by atoms with Crippen LogP contribution in [0.3, 0.4) is 0 Å². The van der Waals surface area contributed by atoms with E-state index >= 15 is 0 Å². The molecule has 126 valence electrons. The number of aromatic nitrogens is 2. The smallest absolute Gasteiger partial charge is 0.254 e. The van der Waals surface area contributed by atoms with Gasteiger partial charge in [0, 0.05) is 24.2 Å². The van der Waals surface area contributed by atoms with Crippen LogP contribution in [0.1, 0.15) is 41.6 Å². The van der Waals surface area contributed by atoms with Crippen LogP contribution < -0.4 is 5.32 Å². The molecule has 2 aromatic rings. The first-order valence-electron chi connectivity index (χ1n) is 8.51. The predicted octanol–water partition coefficient (Wildman–Crippen LogP) is 2.50. The summed E-state index contributed by atoms with van der Waals surface area (Å²) in [6.07, 6.45) is 6.26. The molecule has 1 fully saturated rings. The average molecular weight is 326 g/mol. The summed E-state index contributed by atoms with van der Waals surface area (Å²) < 4.78 is 1.86. The lowest BCUT2D eigenvalue weighted by atomic mass is 9.89. The highest BCUT2D eigenvalue weighted by atomic mass is 16.3. The predicted molar refractivity (Wildman–Crippen MR) is 90.9 cm³/mol. The standard InChI is InChI=1S/C18H22N4O2/c1-21-17-13(10-19-21)11-22(16-5-3-2-4-15(16)20-17)18(24)12-6-8-14(23)9-7-12/h6-10,15-16,20,23H,2-5,11H2,1H3. The molecule has 2 N–H and O–H groups in total. The minimum absolute atomic E-state index is 0.0189. The molecule has 6 nitrogen and oxygen atoms in total. The van der Waals surface area contributed by atoms with Gasteiger partial charge in [0.1, 0.15) is 11.6 Å². The van der Waals surface area contributed by atoms with Crippen molar-refractivity contribution in [1.29, 1.82) is 0 Å². The molecule has 1 amide bonds. The molecule has 0 radical (unpaired) electrons. The molecule has 2 heterocycles. The van der Waals surface area contributed by atoms with Gasteiger partial charge in [0.05, 0.1) is 18.8 Å². The summed E-state index contributed by atoms with van der Waals surface area (Å²) in [5.74, 6) is 1.22. The quantitative estimate of drug-likeness (QED) is 0.845. The van der Waals surface area contributed by atoms with Crippen LogP contribution in [0.5, 0.6) is 5.75 Å². The fourth-order valence-corrected chi connectivity index (χ4v) is 3.91. The van der Waals surface area contributed by atoms with Gasteiger partial charge in [-0.05, 0) is 37.1 Å². The monoisotopic (exact) mass is 326 g/mol. The second-order valence-electron chi connectivity index (χ2n) is 6.72. The summed E-state index contributed by atoms with van der Waals surface area (Å²) >= 11 is 0. The number of aryl methyl sites for hydroxylation is 1. The molecule has 0 spiro atoms. The third-order valence-corrected chi connectivity index (χ3v) is 5.18. The molecule has 0 saturated heterocycles. The Hall–Kier alpha value is -2.50. The Bertz CT molecular complexity index is 753. The lowest BCUT2D eigenvalue weighted by Crippen LogP contribution is -2.49. The van der Waals surface area contributed by atoms with Crippen LogP contribution in [0.4, 0.5) is 5.82 Å². The number of rotatable bonds is 1. The van der Waals surface area contributed by atoms with Crippen LogP contribution in [-0.2, 0) is 13.6 Å². The van der Waals surface area contributed by atoms with Crippen molar-refractivity contribution in [2.75, 3.05) is 5.32 Å². The van der Waals surface area contributed by atoms with Crippen LogP contribution in [-0.4, -0.2) is 37.8 Å². The van der Waals surface area contributed by atoms with Crippen molar-refractivity contribution in [3.63, 3.8) is 0 Å². The normalized spacial score (nSPS) is 23.0. The van der Waals surface area contributed by atoms with Crippen LogP contribution in [0.2, 0.25) is 0 Å². The number of amides is 1. The number of fused-ring (bicyclic) bond motifs is 2. The maximum Gasteiger partial charge on any atom is 0.254 e. The number of nitrogens with one attached hydrogen (secondary N) is 1. The molecule has 1 aromatic carbocycles. The van der Waals surface area contributed by atoms with Crippen LogP contribution in [0.15, 0.2) is 30.5 Å². The van der Waals surface area contributed by atoms with Crippen molar-refractivity contribution in [1.82, 2.24) is 14.7 Å². The van der Waals surface area contributed by atoms with Gasteiger partial charge >= 0.3 is 0 Å². The molecule has 1 saturated carbocycles. The van der Waals surface area contributed by atoms with Crippen LogP contribution in [0, 0.1) is 0 Å². The first kappa shape index (κ1) is 15.1. The van der Waals surface area contributed by atoms with Crippen molar-refractivity contribution in [3.05, 3.63) is 41.6 Å². The number of aromatic hydroxyl groups is 1. The minimum atomic E-state index is 0.0189. The van der Waals surface area contributed by atoms with Gasteiger partial charge in [-0.1, -0.05) is 12.8 Å². The molecule has 24 heavy (non-hydrogen) atoms. The Morgan fingerprint density at radius 2 is 2.00 bits per heavy atom. The summed E-state index contributed by atoms with van der Waals surface area (Å²) in [5.41, 5.74) is 1.67. The van der Waals surface area contributed by atoms with Gasteiger partial charge in [-0.3, -0.25) is 9.48 Å². The largest absolute Gasteiger partial charge is 0.508 e. The zero-order chi connectivity index (χ0) is 16.7. The van der Waals surface area contributed by atoms with E-state index in [-0.39, 0.29) is 23.7 Å². The molecule has 6 heteroatoms. The topological polar surface area (TPSA) is 70.4 Å². The Morgan fingerprint density at radius 3 is 2.79 bits per heavy atom. The number of carbonyl (C=O) groups is 1. The zero-order valence-electron chi connectivity index (χ0n) is 13.8. The number of hydrogen-bond acceptors (Lipinski definition) is 4. The van der Waals surface area contributed by atoms with Crippen LogP contribution in [0.25, 0.3) is 0 Å². The number of hydrogen-bond donors (Lipinski definition) is 2.